The van der Waals surface area contributed by atoms with E-state index < -0.39 is 10.0 Å². The molecule has 0 atom stereocenters. The van der Waals surface area contributed by atoms with Gasteiger partial charge in [0.25, 0.3) is 0 Å². The third kappa shape index (κ3) is 5.25. The van der Waals surface area contributed by atoms with Crippen molar-refractivity contribution in [2.45, 2.75) is 12.6 Å². The topological polar surface area (TPSA) is 27.1 Å². The fraction of sp³-hybridized carbons (Fsp3) is 0.700. The first-order chi connectivity index (χ1) is 7.42. The maximum atomic E-state index is 5.77. The number of alkyl halides is 1. The number of aromatic nitrogens is 2. The molecule has 1 heterocycles. The van der Waals surface area contributed by atoms with Crippen LogP contribution in [0.2, 0.25) is 0 Å². The minimum absolute atomic E-state index is 0.463. The van der Waals surface area contributed by atoms with Crippen molar-refractivity contribution in [2.24, 2.45) is 0 Å². The Morgan fingerprint density at radius 2 is 2.19 bits per heavy atom. The molecule has 0 N–H and O–H groups in total. The molecule has 1 aromatic rings. The van der Waals surface area contributed by atoms with Crippen molar-refractivity contribution in [3.05, 3.63) is 15.5 Å². The van der Waals surface area contributed by atoms with Crippen LogP contribution < -0.4 is 0 Å². The zero-order valence-electron chi connectivity index (χ0n) is 9.87. The fourth-order valence-corrected chi connectivity index (χ4v) is 2.71. The Bertz CT molecular complexity index is 338. The normalized spacial score (nSPS) is 13.1. The first kappa shape index (κ1) is 14.6. The van der Waals surface area contributed by atoms with Gasteiger partial charge in [-0.15, -0.1) is 11.6 Å². The summed E-state index contributed by atoms with van der Waals surface area (Å²) in [6.07, 6.45) is 8.81. The third-order valence-corrected chi connectivity index (χ3v) is 4.58. The average molecular weight is 377 g/mol. The molecular formula is C10H18ClIN2OS. The molecule has 16 heavy (non-hydrogen) atoms. The van der Waals surface area contributed by atoms with Gasteiger partial charge in [-0.2, -0.15) is 5.10 Å². The smallest absolute Gasteiger partial charge is 0.139 e. The number of ether oxygens (including phenoxy) is 1. The maximum absolute atomic E-state index is 5.77. The Morgan fingerprint density at radius 1 is 1.50 bits per heavy atom. The molecule has 0 fully saturated rings. The van der Waals surface area contributed by atoms with Gasteiger partial charge in [0.2, 0.25) is 0 Å². The van der Waals surface area contributed by atoms with Crippen LogP contribution in [0.25, 0.3) is 0 Å². The molecule has 0 amide bonds. The van der Waals surface area contributed by atoms with Gasteiger partial charge in [0.1, 0.15) is 10.4 Å². The first-order valence-corrected chi connectivity index (χ1v) is 9.58. The lowest BCUT2D eigenvalue weighted by molar-refractivity contribution is 0.0806. The Kier molecular flexibility index (Phi) is 5.90. The Hall–Kier alpha value is 0.540. The molecule has 1 rings (SSSR count). The highest BCUT2D eigenvalue weighted by Gasteiger charge is 2.06. The highest BCUT2D eigenvalue weighted by molar-refractivity contribution is 14.1. The Morgan fingerprint density at radius 3 is 2.69 bits per heavy atom. The second-order valence-electron chi connectivity index (χ2n) is 4.45. The van der Waals surface area contributed by atoms with E-state index in [0.29, 0.717) is 12.6 Å². The van der Waals surface area contributed by atoms with Gasteiger partial charge in [-0.3, -0.25) is 0 Å². The van der Waals surface area contributed by atoms with Crippen molar-refractivity contribution in [3.8, 4) is 0 Å². The minimum atomic E-state index is -0.463. The molecule has 1 aromatic heterocycles. The molecule has 94 valence electrons. The van der Waals surface area contributed by atoms with E-state index in [4.69, 9.17) is 16.3 Å². The summed E-state index contributed by atoms with van der Waals surface area (Å²) in [5.74, 6) is 1.64. The zero-order valence-corrected chi connectivity index (χ0v) is 13.6. The molecule has 0 aromatic carbocycles. The molecule has 0 aliphatic heterocycles. The van der Waals surface area contributed by atoms with Gasteiger partial charge in [-0.1, -0.05) is 0 Å². The van der Waals surface area contributed by atoms with E-state index in [1.165, 1.54) is 0 Å². The minimum Gasteiger partial charge on any atom is -0.358 e. The van der Waals surface area contributed by atoms with Crippen molar-refractivity contribution in [3.63, 3.8) is 0 Å². The second-order valence-corrected chi connectivity index (χ2v) is 10.3. The molecule has 3 nitrogen and oxygen atoms in total. The summed E-state index contributed by atoms with van der Waals surface area (Å²) in [5.41, 5.74) is 1.06. The quantitative estimate of drug-likeness (QED) is 0.434. The first-order valence-electron chi connectivity index (χ1n) is 4.94. The number of hydrogen-bond donors (Lipinski definition) is 0. The molecule has 0 bridgehead atoms. The number of halogens is 2. The molecule has 0 saturated heterocycles. The molecule has 0 unspecified atom stereocenters. The van der Waals surface area contributed by atoms with Crippen LogP contribution >= 0.6 is 44.2 Å². The second kappa shape index (κ2) is 6.47. The van der Waals surface area contributed by atoms with Gasteiger partial charge in [0.05, 0.1) is 12.5 Å². The van der Waals surface area contributed by atoms with Gasteiger partial charge in [0, 0.05) is 17.5 Å². The highest BCUT2D eigenvalue weighted by atomic mass is 127. The SMILES string of the molecule is CS(C)(C)CCOCn1cc(CCl)c(I)n1. The third-order valence-electron chi connectivity index (χ3n) is 1.99. The monoisotopic (exact) mass is 376 g/mol. The lowest BCUT2D eigenvalue weighted by Gasteiger charge is -2.24. The molecule has 0 spiro atoms. The van der Waals surface area contributed by atoms with Crippen molar-refractivity contribution in [2.75, 3.05) is 31.1 Å². The summed E-state index contributed by atoms with van der Waals surface area (Å²) in [7, 11) is -0.463. The van der Waals surface area contributed by atoms with E-state index in [9.17, 15) is 0 Å². The van der Waals surface area contributed by atoms with Gasteiger partial charge in [0.15, 0.2) is 0 Å². The van der Waals surface area contributed by atoms with Crippen LogP contribution in [0.1, 0.15) is 5.56 Å². The van der Waals surface area contributed by atoms with Crippen molar-refractivity contribution in [1.82, 2.24) is 9.78 Å². The van der Waals surface area contributed by atoms with Gasteiger partial charge >= 0.3 is 0 Å². The van der Waals surface area contributed by atoms with Crippen molar-refractivity contribution < 1.29 is 4.74 Å². The van der Waals surface area contributed by atoms with Crippen LogP contribution in [-0.4, -0.2) is 40.9 Å². The van der Waals surface area contributed by atoms with E-state index in [2.05, 4.69) is 46.5 Å². The predicted octanol–water partition coefficient (Wildman–Crippen LogP) is 2.89. The molecule has 0 aliphatic carbocycles. The van der Waals surface area contributed by atoms with Crippen LogP contribution in [-0.2, 0) is 17.3 Å². The van der Waals surface area contributed by atoms with Crippen LogP contribution in [0, 0.1) is 3.70 Å². The molecule has 0 radical (unpaired) electrons. The van der Waals surface area contributed by atoms with Gasteiger partial charge in [-0.05, 0) is 41.4 Å². The summed E-state index contributed by atoms with van der Waals surface area (Å²) in [4.78, 5) is 0. The molecular weight excluding hydrogens is 359 g/mol. The van der Waals surface area contributed by atoms with E-state index in [1.54, 1.807) is 4.68 Å². The van der Waals surface area contributed by atoms with Gasteiger partial charge < -0.3 is 4.74 Å². The van der Waals surface area contributed by atoms with Crippen molar-refractivity contribution >= 4 is 44.2 Å². The standard InChI is InChI=1S/C10H18ClIN2OS/c1-16(2,3)5-4-15-8-14-7-9(6-11)10(12)13-14/h7H,4-6,8H2,1-3H3. The van der Waals surface area contributed by atoms with E-state index in [1.807, 2.05) is 6.20 Å². The molecule has 0 aliphatic rings. The zero-order chi connectivity index (χ0) is 12.2. The highest BCUT2D eigenvalue weighted by Crippen LogP contribution is 2.33. The van der Waals surface area contributed by atoms with E-state index in [-0.39, 0.29) is 0 Å². The largest absolute Gasteiger partial charge is 0.358 e. The number of hydrogen-bond acceptors (Lipinski definition) is 2. The average Bonchev–Trinajstić information content (AvgIpc) is 2.52. The molecule has 6 heteroatoms. The lowest BCUT2D eigenvalue weighted by Crippen LogP contribution is -2.10. The summed E-state index contributed by atoms with van der Waals surface area (Å²) in [6, 6.07) is 0. The fourth-order valence-electron chi connectivity index (χ4n) is 1.06. The summed E-state index contributed by atoms with van der Waals surface area (Å²) >= 11 is 7.96. The van der Waals surface area contributed by atoms with Crippen LogP contribution in [0.3, 0.4) is 0 Å². The Balaban J connectivity index is 2.32. The lowest BCUT2D eigenvalue weighted by atomic mass is 10.4. The summed E-state index contributed by atoms with van der Waals surface area (Å²) in [5, 5.41) is 4.32. The maximum Gasteiger partial charge on any atom is 0.139 e. The Labute approximate surface area is 117 Å². The summed E-state index contributed by atoms with van der Waals surface area (Å²) in [6.45, 7) is 1.31. The van der Waals surface area contributed by atoms with Gasteiger partial charge in [-0.25, -0.2) is 14.7 Å². The van der Waals surface area contributed by atoms with E-state index in [0.717, 1.165) is 21.6 Å². The molecule has 0 saturated carbocycles. The predicted molar refractivity (Wildman–Crippen MR) is 80.7 cm³/mol. The number of rotatable bonds is 6. The van der Waals surface area contributed by atoms with Crippen LogP contribution in [0.15, 0.2) is 6.20 Å². The van der Waals surface area contributed by atoms with E-state index >= 15 is 0 Å². The van der Waals surface area contributed by atoms with Crippen molar-refractivity contribution in [1.29, 1.82) is 0 Å². The number of nitrogens with zero attached hydrogens (tertiary/aromatic N) is 2. The summed E-state index contributed by atoms with van der Waals surface area (Å²) < 4.78 is 8.34. The van der Waals surface area contributed by atoms with Crippen LogP contribution in [0.5, 0.6) is 0 Å². The van der Waals surface area contributed by atoms with Crippen LogP contribution in [0.4, 0.5) is 0 Å².